The van der Waals surface area contributed by atoms with Gasteiger partial charge < -0.3 is 23.7 Å². The molecule has 8 nitrogen and oxygen atoms in total. The molecule has 3 rings (SSSR count). The summed E-state index contributed by atoms with van der Waals surface area (Å²) in [5.74, 6) is -1.46. The number of rotatable bonds is 6. The topological polar surface area (TPSA) is 97.4 Å². The van der Waals surface area contributed by atoms with Gasteiger partial charge in [-0.25, -0.2) is 9.59 Å². The zero-order valence-electron chi connectivity index (χ0n) is 17.4. The van der Waals surface area contributed by atoms with E-state index in [1.54, 1.807) is 48.5 Å². The lowest BCUT2D eigenvalue weighted by molar-refractivity contribution is -0.138. The van der Waals surface area contributed by atoms with Crippen LogP contribution >= 0.6 is 0 Å². The fraction of sp³-hybridized carbons (Fsp3) is 0.174. The van der Waals surface area contributed by atoms with Gasteiger partial charge in [-0.05, 0) is 35.4 Å². The van der Waals surface area contributed by atoms with Crippen molar-refractivity contribution in [2.24, 2.45) is 0 Å². The van der Waals surface area contributed by atoms with Gasteiger partial charge in [0.15, 0.2) is 11.5 Å². The Kier molecular flexibility index (Phi) is 6.40. The van der Waals surface area contributed by atoms with Crippen LogP contribution in [0.15, 0.2) is 60.0 Å². The summed E-state index contributed by atoms with van der Waals surface area (Å²) in [4.78, 5) is 37.2. The second kappa shape index (κ2) is 9.17. The Morgan fingerprint density at radius 1 is 0.839 bits per heavy atom. The van der Waals surface area contributed by atoms with Gasteiger partial charge in [0.25, 0.3) is 0 Å². The Balaban J connectivity index is 2.26. The summed E-state index contributed by atoms with van der Waals surface area (Å²) in [6.07, 6.45) is 0. The van der Waals surface area contributed by atoms with E-state index >= 15 is 0 Å². The summed E-state index contributed by atoms with van der Waals surface area (Å²) in [6.45, 7) is 1.18. The van der Waals surface area contributed by atoms with Crippen LogP contribution in [0, 0.1) is 0 Å². The van der Waals surface area contributed by atoms with Gasteiger partial charge >= 0.3 is 17.9 Å². The molecule has 0 amide bonds. The summed E-state index contributed by atoms with van der Waals surface area (Å²) >= 11 is 0. The first-order valence-corrected chi connectivity index (χ1v) is 9.16. The van der Waals surface area contributed by atoms with E-state index in [0.29, 0.717) is 22.6 Å². The third kappa shape index (κ3) is 4.42. The van der Waals surface area contributed by atoms with Crippen molar-refractivity contribution in [2.75, 3.05) is 21.3 Å². The van der Waals surface area contributed by atoms with Crippen LogP contribution in [0.5, 0.6) is 11.5 Å². The second-order valence-corrected chi connectivity index (χ2v) is 6.34. The molecule has 0 fully saturated rings. The standard InChI is InChI=1S/C23H20O8/c1-13(24)30-20-19(15-7-11-17(28-3)12-8-15)23(26)31-21(20)18(22(25)29-4)14-5-9-16(27-2)10-6-14/h5-12H,1-4H3/b21-18+. The van der Waals surface area contributed by atoms with E-state index in [4.69, 9.17) is 23.7 Å². The lowest BCUT2D eigenvalue weighted by atomic mass is 10.0. The molecular weight excluding hydrogens is 404 g/mol. The lowest BCUT2D eigenvalue weighted by Gasteiger charge is -2.12. The Labute approximate surface area is 178 Å². The Bertz CT molecular complexity index is 1080. The molecule has 8 heteroatoms. The molecule has 0 aromatic heterocycles. The minimum absolute atomic E-state index is 0.00256. The number of carbonyl (C=O) groups excluding carboxylic acids is 3. The van der Waals surface area contributed by atoms with Crippen LogP contribution in [-0.2, 0) is 28.6 Å². The number of hydrogen-bond donors (Lipinski definition) is 0. The second-order valence-electron chi connectivity index (χ2n) is 6.34. The predicted molar refractivity (Wildman–Crippen MR) is 110 cm³/mol. The molecule has 2 aromatic carbocycles. The number of ether oxygens (including phenoxy) is 5. The molecule has 0 spiro atoms. The van der Waals surface area contributed by atoms with Gasteiger partial charge in [-0.3, -0.25) is 4.79 Å². The van der Waals surface area contributed by atoms with Crippen LogP contribution in [0.25, 0.3) is 11.1 Å². The first kappa shape index (κ1) is 21.6. The average Bonchev–Trinajstić information content (AvgIpc) is 3.08. The largest absolute Gasteiger partial charge is 0.497 e. The molecule has 1 aliphatic heterocycles. The van der Waals surface area contributed by atoms with E-state index in [1.165, 1.54) is 28.3 Å². The molecule has 160 valence electrons. The quantitative estimate of drug-likeness (QED) is 0.396. The van der Waals surface area contributed by atoms with Crippen molar-refractivity contribution in [3.8, 4) is 11.5 Å². The van der Waals surface area contributed by atoms with Crippen LogP contribution in [0.1, 0.15) is 18.1 Å². The highest BCUT2D eigenvalue weighted by Crippen LogP contribution is 2.39. The molecule has 0 saturated carbocycles. The van der Waals surface area contributed by atoms with E-state index in [1.807, 2.05) is 0 Å². The van der Waals surface area contributed by atoms with E-state index in [2.05, 4.69) is 0 Å². The summed E-state index contributed by atoms with van der Waals surface area (Å²) in [7, 11) is 4.22. The molecule has 0 atom stereocenters. The Morgan fingerprint density at radius 2 is 1.39 bits per heavy atom. The van der Waals surface area contributed by atoms with Crippen LogP contribution in [0.2, 0.25) is 0 Å². The van der Waals surface area contributed by atoms with Gasteiger partial charge in [-0.1, -0.05) is 24.3 Å². The summed E-state index contributed by atoms with van der Waals surface area (Å²) in [5.41, 5.74) is 0.744. The monoisotopic (exact) mass is 424 g/mol. The molecule has 1 heterocycles. The Hall–Kier alpha value is -4.07. The van der Waals surface area contributed by atoms with Crippen molar-refractivity contribution >= 4 is 29.1 Å². The van der Waals surface area contributed by atoms with Crippen LogP contribution < -0.4 is 9.47 Å². The van der Waals surface area contributed by atoms with E-state index in [-0.39, 0.29) is 22.7 Å². The molecule has 0 N–H and O–H groups in total. The van der Waals surface area contributed by atoms with Crippen molar-refractivity contribution in [1.82, 2.24) is 0 Å². The van der Waals surface area contributed by atoms with Gasteiger partial charge in [-0.15, -0.1) is 0 Å². The van der Waals surface area contributed by atoms with Gasteiger partial charge in [0.2, 0.25) is 0 Å². The maximum absolute atomic E-state index is 12.8. The molecule has 0 unspecified atom stereocenters. The molecular formula is C23H20O8. The maximum Gasteiger partial charge on any atom is 0.348 e. The van der Waals surface area contributed by atoms with E-state index in [9.17, 15) is 14.4 Å². The molecule has 0 aliphatic carbocycles. The summed E-state index contributed by atoms with van der Waals surface area (Å²) < 4.78 is 25.9. The van der Waals surface area contributed by atoms with Gasteiger partial charge in [0.05, 0.1) is 21.3 Å². The molecule has 1 aliphatic rings. The zero-order valence-corrected chi connectivity index (χ0v) is 17.4. The fourth-order valence-corrected chi connectivity index (χ4v) is 3.01. The van der Waals surface area contributed by atoms with Gasteiger partial charge in [0, 0.05) is 6.92 Å². The molecule has 0 saturated heterocycles. The normalized spacial score (nSPS) is 14.6. The number of benzene rings is 2. The number of methoxy groups -OCH3 is 3. The molecule has 2 aromatic rings. The zero-order chi connectivity index (χ0) is 22.5. The third-order valence-corrected chi connectivity index (χ3v) is 4.45. The maximum atomic E-state index is 12.8. The number of cyclic esters (lactones) is 1. The third-order valence-electron chi connectivity index (χ3n) is 4.45. The molecule has 31 heavy (non-hydrogen) atoms. The van der Waals surface area contributed by atoms with Crippen molar-refractivity contribution < 1.29 is 38.1 Å². The fourth-order valence-electron chi connectivity index (χ4n) is 3.01. The lowest BCUT2D eigenvalue weighted by Crippen LogP contribution is -2.10. The van der Waals surface area contributed by atoms with Crippen molar-refractivity contribution in [3.05, 3.63) is 71.2 Å². The minimum Gasteiger partial charge on any atom is -0.497 e. The van der Waals surface area contributed by atoms with Crippen LogP contribution in [-0.4, -0.2) is 39.2 Å². The highest BCUT2D eigenvalue weighted by Gasteiger charge is 2.38. The average molecular weight is 424 g/mol. The van der Waals surface area contributed by atoms with Crippen molar-refractivity contribution in [1.29, 1.82) is 0 Å². The SMILES string of the molecule is COC(=O)/C(=C1/OC(=O)C(c2ccc(OC)cc2)=C1OC(C)=O)c1ccc(OC)cc1. The van der Waals surface area contributed by atoms with Gasteiger partial charge in [-0.2, -0.15) is 0 Å². The number of hydrogen-bond acceptors (Lipinski definition) is 8. The number of esters is 3. The van der Waals surface area contributed by atoms with Crippen LogP contribution in [0.4, 0.5) is 0 Å². The number of carbonyl (C=O) groups is 3. The highest BCUT2D eigenvalue weighted by atomic mass is 16.6. The minimum atomic E-state index is -0.772. The van der Waals surface area contributed by atoms with Crippen LogP contribution in [0.3, 0.4) is 0 Å². The van der Waals surface area contributed by atoms with E-state index in [0.717, 1.165) is 0 Å². The van der Waals surface area contributed by atoms with Crippen molar-refractivity contribution in [3.63, 3.8) is 0 Å². The first-order chi connectivity index (χ1) is 14.9. The van der Waals surface area contributed by atoms with Crippen molar-refractivity contribution in [2.45, 2.75) is 6.92 Å². The smallest absolute Gasteiger partial charge is 0.348 e. The Morgan fingerprint density at radius 3 is 1.87 bits per heavy atom. The predicted octanol–water partition coefficient (Wildman–Crippen LogP) is 3.12. The highest BCUT2D eigenvalue weighted by molar-refractivity contribution is 6.25. The first-order valence-electron chi connectivity index (χ1n) is 9.16. The summed E-state index contributed by atoms with van der Waals surface area (Å²) in [5, 5.41) is 0. The van der Waals surface area contributed by atoms with Gasteiger partial charge in [0.1, 0.15) is 22.6 Å². The molecule has 0 bridgehead atoms. The van der Waals surface area contributed by atoms with E-state index < -0.39 is 17.9 Å². The summed E-state index contributed by atoms with van der Waals surface area (Å²) in [6, 6.07) is 13.0. The molecule has 0 radical (unpaired) electrons.